The highest BCUT2D eigenvalue weighted by atomic mass is 16.5. The van der Waals surface area contributed by atoms with Crippen LogP contribution in [0.4, 0.5) is 0 Å². The van der Waals surface area contributed by atoms with Crippen molar-refractivity contribution in [2.75, 3.05) is 41.4 Å². The average molecular weight is 425 g/mol. The van der Waals surface area contributed by atoms with E-state index in [0.29, 0.717) is 35.7 Å². The highest BCUT2D eigenvalue weighted by Gasteiger charge is 2.46. The van der Waals surface area contributed by atoms with Gasteiger partial charge in [0.2, 0.25) is 0 Å². The lowest BCUT2D eigenvalue weighted by molar-refractivity contribution is -0.140. The van der Waals surface area contributed by atoms with Gasteiger partial charge in [-0.15, -0.1) is 0 Å². The van der Waals surface area contributed by atoms with Crippen molar-refractivity contribution in [2.45, 2.75) is 12.5 Å². The number of benzene rings is 1. The molecule has 0 aliphatic carbocycles. The van der Waals surface area contributed by atoms with Crippen LogP contribution in [0.1, 0.15) is 23.7 Å². The van der Waals surface area contributed by atoms with Gasteiger partial charge in [-0.3, -0.25) is 14.6 Å². The van der Waals surface area contributed by atoms with Gasteiger partial charge in [-0.1, -0.05) is 6.07 Å². The summed E-state index contributed by atoms with van der Waals surface area (Å²) in [4.78, 5) is 33.8. The van der Waals surface area contributed by atoms with E-state index < -0.39 is 17.7 Å². The molecule has 2 aromatic rings. The third-order valence-electron chi connectivity index (χ3n) is 5.18. The summed E-state index contributed by atoms with van der Waals surface area (Å²) in [7, 11) is 6.87. The van der Waals surface area contributed by atoms with E-state index in [0.717, 1.165) is 6.54 Å². The van der Waals surface area contributed by atoms with Gasteiger partial charge in [0.05, 0.1) is 31.1 Å². The van der Waals surface area contributed by atoms with Crippen molar-refractivity contribution in [2.24, 2.45) is 0 Å². The van der Waals surface area contributed by atoms with E-state index in [1.54, 1.807) is 42.6 Å². The minimum Gasteiger partial charge on any atom is -0.507 e. The van der Waals surface area contributed by atoms with Crippen LogP contribution in [0.3, 0.4) is 0 Å². The molecule has 3 rings (SSSR count). The number of likely N-dealkylation sites (tertiary alicyclic amines) is 1. The Bertz CT molecular complexity index is 988. The fourth-order valence-electron chi connectivity index (χ4n) is 3.65. The quantitative estimate of drug-likeness (QED) is 0.395. The summed E-state index contributed by atoms with van der Waals surface area (Å²) in [5.74, 6) is -0.822. The summed E-state index contributed by atoms with van der Waals surface area (Å²) in [6.45, 7) is 1.12. The van der Waals surface area contributed by atoms with Gasteiger partial charge in [0, 0.05) is 18.8 Å². The Balaban J connectivity index is 2.12. The molecule has 0 spiro atoms. The van der Waals surface area contributed by atoms with Crippen LogP contribution in [-0.2, 0) is 9.59 Å². The Hall–Kier alpha value is -3.39. The number of nitrogens with zero attached hydrogens (tertiary/aromatic N) is 3. The van der Waals surface area contributed by atoms with Gasteiger partial charge in [-0.05, 0) is 51.3 Å². The Morgan fingerprint density at radius 2 is 1.94 bits per heavy atom. The number of methoxy groups -OCH3 is 2. The molecule has 0 unspecified atom stereocenters. The fourth-order valence-corrected chi connectivity index (χ4v) is 3.65. The highest BCUT2D eigenvalue weighted by molar-refractivity contribution is 6.46. The van der Waals surface area contributed by atoms with Crippen molar-refractivity contribution in [3.63, 3.8) is 0 Å². The van der Waals surface area contributed by atoms with E-state index in [-0.39, 0.29) is 11.3 Å². The van der Waals surface area contributed by atoms with Crippen LogP contribution in [0.25, 0.3) is 5.76 Å². The predicted octanol–water partition coefficient (Wildman–Crippen LogP) is 2.47. The van der Waals surface area contributed by atoms with Crippen molar-refractivity contribution < 1.29 is 24.2 Å². The number of Topliss-reactive ketones (excluding diaryl/α,β-unsaturated/α-hetero) is 1. The number of amides is 1. The maximum absolute atomic E-state index is 13.0. The zero-order valence-corrected chi connectivity index (χ0v) is 18.2. The first-order chi connectivity index (χ1) is 14.9. The monoisotopic (exact) mass is 425 g/mol. The summed E-state index contributed by atoms with van der Waals surface area (Å²) in [5.41, 5.74) is 0.813. The molecule has 31 heavy (non-hydrogen) atoms. The first kappa shape index (κ1) is 22.3. The van der Waals surface area contributed by atoms with E-state index in [9.17, 15) is 14.7 Å². The Morgan fingerprint density at radius 3 is 2.55 bits per heavy atom. The van der Waals surface area contributed by atoms with Crippen LogP contribution in [0.2, 0.25) is 0 Å². The second kappa shape index (κ2) is 9.61. The lowest BCUT2D eigenvalue weighted by Crippen LogP contribution is -2.32. The van der Waals surface area contributed by atoms with Crippen LogP contribution in [0.15, 0.2) is 48.2 Å². The van der Waals surface area contributed by atoms with Crippen LogP contribution < -0.4 is 9.47 Å². The molecule has 0 radical (unpaired) electrons. The molecule has 1 N–H and O–H groups in total. The summed E-state index contributed by atoms with van der Waals surface area (Å²) < 4.78 is 10.6. The van der Waals surface area contributed by atoms with Gasteiger partial charge in [0.1, 0.15) is 23.3 Å². The number of aliphatic hydroxyl groups excluding tert-OH is 1. The number of aliphatic hydroxyl groups is 1. The van der Waals surface area contributed by atoms with Crippen LogP contribution in [-0.4, -0.2) is 73.0 Å². The second-order valence-corrected chi connectivity index (χ2v) is 7.47. The predicted molar refractivity (Wildman–Crippen MR) is 116 cm³/mol. The maximum atomic E-state index is 13.0. The number of carbonyl (C=O) groups excluding carboxylic acids is 2. The number of carbonyl (C=O) groups is 2. The fraction of sp³-hybridized carbons (Fsp3) is 0.348. The largest absolute Gasteiger partial charge is 0.507 e. The summed E-state index contributed by atoms with van der Waals surface area (Å²) in [6.07, 6.45) is 2.28. The van der Waals surface area contributed by atoms with Gasteiger partial charge in [0.25, 0.3) is 11.7 Å². The minimum absolute atomic E-state index is 0.00276. The SMILES string of the molecule is COc1ccc(C(O)=C2C(=O)C(=O)N(CCCN(C)C)[C@H]2c2ccccn2)c(OC)c1. The summed E-state index contributed by atoms with van der Waals surface area (Å²) in [5, 5.41) is 11.2. The first-order valence-corrected chi connectivity index (χ1v) is 9.95. The van der Waals surface area contributed by atoms with E-state index >= 15 is 0 Å². The number of pyridine rings is 1. The average Bonchev–Trinajstić information content (AvgIpc) is 3.03. The Kier molecular flexibility index (Phi) is 6.91. The molecular weight excluding hydrogens is 398 g/mol. The number of aromatic nitrogens is 1. The highest BCUT2D eigenvalue weighted by Crippen LogP contribution is 2.40. The van der Waals surface area contributed by atoms with Gasteiger partial charge in [-0.25, -0.2) is 0 Å². The lowest BCUT2D eigenvalue weighted by Gasteiger charge is -2.25. The lowest BCUT2D eigenvalue weighted by atomic mass is 9.97. The molecule has 1 aliphatic heterocycles. The number of ether oxygens (including phenoxy) is 2. The van der Waals surface area contributed by atoms with Gasteiger partial charge in [0.15, 0.2) is 0 Å². The third-order valence-corrected chi connectivity index (χ3v) is 5.18. The third kappa shape index (κ3) is 4.54. The molecule has 8 heteroatoms. The molecule has 1 aromatic heterocycles. The van der Waals surface area contributed by atoms with E-state index in [1.165, 1.54) is 19.1 Å². The maximum Gasteiger partial charge on any atom is 0.295 e. The van der Waals surface area contributed by atoms with Crippen molar-refractivity contribution in [3.8, 4) is 11.5 Å². The van der Waals surface area contributed by atoms with Crippen molar-refractivity contribution >= 4 is 17.4 Å². The van der Waals surface area contributed by atoms with E-state index in [4.69, 9.17) is 9.47 Å². The molecule has 1 aromatic carbocycles. The molecule has 1 fully saturated rings. The molecule has 2 heterocycles. The van der Waals surface area contributed by atoms with E-state index in [1.807, 2.05) is 19.0 Å². The molecule has 1 amide bonds. The molecular formula is C23H27N3O5. The number of hydrogen-bond donors (Lipinski definition) is 1. The zero-order chi connectivity index (χ0) is 22.5. The van der Waals surface area contributed by atoms with Crippen LogP contribution in [0, 0.1) is 0 Å². The van der Waals surface area contributed by atoms with E-state index in [2.05, 4.69) is 4.98 Å². The smallest absolute Gasteiger partial charge is 0.295 e. The first-order valence-electron chi connectivity index (χ1n) is 9.95. The topological polar surface area (TPSA) is 92.2 Å². The van der Waals surface area contributed by atoms with Crippen molar-refractivity contribution in [3.05, 3.63) is 59.4 Å². The van der Waals surface area contributed by atoms with Crippen molar-refractivity contribution in [1.82, 2.24) is 14.8 Å². The Morgan fingerprint density at radius 1 is 1.16 bits per heavy atom. The molecule has 1 saturated heterocycles. The van der Waals surface area contributed by atoms with Gasteiger partial charge in [-0.2, -0.15) is 0 Å². The molecule has 1 atom stereocenters. The van der Waals surface area contributed by atoms with Gasteiger partial charge >= 0.3 is 0 Å². The minimum atomic E-state index is -0.782. The number of rotatable bonds is 8. The molecule has 1 aliphatic rings. The van der Waals surface area contributed by atoms with Gasteiger partial charge < -0.3 is 24.4 Å². The molecule has 164 valence electrons. The van der Waals surface area contributed by atoms with Crippen molar-refractivity contribution in [1.29, 1.82) is 0 Å². The molecule has 0 saturated carbocycles. The zero-order valence-electron chi connectivity index (χ0n) is 18.2. The van der Waals surface area contributed by atoms with Crippen LogP contribution >= 0.6 is 0 Å². The van der Waals surface area contributed by atoms with Crippen LogP contribution in [0.5, 0.6) is 11.5 Å². The summed E-state index contributed by atoms with van der Waals surface area (Å²) in [6, 6.07) is 9.37. The standard InChI is InChI=1S/C23H27N3O5/c1-25(2)12-7-13-26-20(17-8-5-6-11-24-17)19(22(28)23(26)29)21(27)16-10-9-15(30-3)14-18(16)31-4/h5-6,8-11,14,20,27H,7,12-13H2,1-4H3/t20-/m0/s1. The normalized spacial score (nSPS) is 18.0. The molecule has 0 bridgehead atoms. The summed E-state index contributed by atoms with van der Waals surface area (Å²) >= 11 is 0. The number of hydrogen-bond acceptors (Lipinski definition) is 7. The number of ketones is 1. The molecule has 8 nitrogen and oxygen atoms in total. The Labute approximate surface area is 181 Å². The second-order valence-electron chi connectivity index (χ2n) is 7.47.